The van der Waals surface area contributed by atoms with Crippen LogP contribution in [-0.2, 0) is 32.6 Å². The fourth-order valence-corrected chi connectivity index (χ4v) is 6.91. The van der Waals surface area contributed by atoms with E-state index >= 15 is 0 Å². The average molecular weight is 667 g/mol. The normalized spacial score (nSPS) is 12.3. The lowest BCUT2D eigenvalue weighted by Gasteiger charge is -2.35. The van der Waals surface area contributed by atoms with E-state index in [1.54, 1.807) is 61.5 Å². The van der Waals surface area contributed by atoms with Crippen LogP contribution >= 0.6 is 23.2 Å². The van der Waals surface area contributed by atoms with E-state index in [0.717, 1.165) is 9.87 Å². The van der Waals surface area contributed by atoms with Crippen molar-refractivity contribution in [1.82, 2.24) is 10.2 Å². The molecule has 0 saturated carbocycles. The summed E-state index contributed by atoms with van der Waals surface area (Å²) in [6.45, 7) is 6.79. The first-order valence-electron chi connectivity index (χ1n) is 14.5. The molecular weight excluding hydrogens is 629 g/mol. The summed E-state index contributed by atoms with van der Waals surface area (Å²) in [5, 5.41) is 3.93. The Labute approximate surface area is 275 Å². The molecule has 45 heavy (non-hydrogen) atoms. The third kappa shape index (κ3) is 9.10. The van der Waals surface area contributed by atoms with Crippen LogP contribution < -0.4 is 9.62 Å². The summed E-state index contributed by atoms with van der Waals surface area (Å²) in [5.41, 5.74) is 1.83. The molecule has 4 aromatic rings. The molecule has 0 heterocycles. The van der Waals surface area contributed by atoms with E-state index in [2.05, 4.69) is 5.32 Å². The van der Waals surface area contributed by atoms with Crippen LogP contribution in [0.1, 0.15) is 37.5 Å². The molecule has 4 aromatic carbocycles. The Morgan fingerprint density at radius 3 is 2.00 bits per heavy atom. The van der Waals surface area contributed by atoms with Gasteiger partial charge >= 0.3 is 0 Å². The lowest BCUT2D eigenvalue weighted by atomic mass is 10.0. The lowest BCUT2D eigenvalue weighted by molar-refractivity contribution is -0.140. The second-order valence-corrected chi connectivity index (χ2v) is 14.6. The monoisotopic (exact) mass is 665 g/mol. The first kappa shape index (κ1) is 34.0. The first-order valence-corrected chi connectivity index (χ1v) is 16.7. The van der Waals surface area contributed by atoms with Gasteiger partial charge < -0.3 is 10.2 Å². The average Bonchev–Trinajstić information content (AvgIpc) is 2.98. The van der Waals surface area contributed by atoms with Crippen molar-refractivity contribution in [3.05, 3.63) is 130 Å². The molecule has 0 fully saturated rings. The number of halogens is 2. The summed E-state index contributed by atoms with van der Waals surface area (Å²) < 4.78 is 29.4. The number of anilines is 1. The highest BCUT2D eigenvalue weighted by Crippen LogP contribution is 2.30. The van der Waals surface area contributed by atoms with Crippen LogP contribution in [0.2, 0.25) is 10.0 Å². The van der Waals surface area contributed by atoms with Gasteiger partial charge in [-0.15, -0.1) is 0 Å². The van der Waals surface area contributed by atoms with E-state index in [4.69, 9.17) is 23.2 Å². The third-order valence-electron chi connectivity index (χ3n) is 7.05. The zero-order valence-electron chi connectivity index (χ0n) is 25.7. The van der Waals surface area contributed by atoms with Gasteiger partial charge in [-0.3, -0.25) is 13.9 Å². The molecule has 236 valence electrons. The van der Waals surface area contributed by atoms with Crippen LogP contribution in [-0.4, -0.2) is 43.3 Å². The number of carbonyl (C=O) groups excluding carboxylic acids is 2. The van der Waals surface area contributed by atoms with Crippen LogP contribution in [0, 0.1) is 6.92 Å². The molecule has 0 radical (unpaired) electrons. The number of hydrogen-bond donors (Lipinski definition) is 1. The third-order valence-corrected chi connectivity index (χ3v) is 9.29. The Morgan fingerprint density at radius 2 is 1.40 bits per heavy atom. The van der Waals surface area contributed by atoms with Crippen molar-refractivity contribution in [3.8, 4) is 0 Å². The SMILES string of the molecule is Cc1cc(Cl)ccc1N(CC(=O)N(Cc1cccc(Cl)c1)[C@H](Cc1ccccc1)C(=O)NC(C)(C)C)S(=O)(=O)c1ccccc1. The molecule has 0 bridgehead atoms. The molecular formula is C35H37Cl2N3O4S. The quantitative estimate of drug-likeness (QED) is 0.186. The summed E-state index contributed by atoms with van der Waals surface area (Å²) in [4.78, 5) is 30.0. The van der Waals surface area contributed by atoms with Crippen molar-refractivity contribution in [2.75, 3.05) is 10.8 Å². The molecule has 1 N–H and O–H groups in total. The molecule has 0 aliphatic rings. The molecule has 0 unspecified atom stereocenters. The van der Waals surface area contributed by atoms with Crippen molar-refractivity contribution >= 4 is 50.7 Å². The number of sulfonamides is 1. The van der Waals surface area contributed by atoms with Gasteiger partial charge in [-0.2, -0.15) is 0 Å². The summed E-state index contributed by atoms with van der Waals surface area (Å²) in [6, 6.07) is 28.2. The van der Waals surface area contributed by atoms with Gasteiger partial charge in [0.2, 0.25) is 11.8 Å². The number of benzene rings is 4. The molecule has 0 aliphatic heterocycles. The highest BCUT2D eigenvalue weighted by molar-refractivity contribution is 7.92. The standard InChI is InChI=1S/C35H37Cl2N3O4S/c1-25-20-29(37)18-19-31(25)40(45(43,44)30-16-9-6-10-17-30)24-33(41)39(23-27-14-11-15-28(36)21-27)32(34(42)38-35(2,3)4)22-26-12-7-5-8-13-26/h5-21,32H,22-24H2,1-4H3,(H,38,42)/t32-/m1/s1. The lowest BCUT2D eigenvalue weighted by Crippen LogP contribution is -2.56. The fraction of sp³-hybridized carbons (Fsp3) is 0.257. The van der Waals surface area contributed by atoms with Crippen LogP contribution in [0.25, 0.3) is 0 Å². The van der Waals surface area contributed by atoms with E-state index < -0.39 is 34.1 Å². The van der Waals surface area contributed by atoms with Gasteiger partial charge in [-0.25, -0.2) is 8.42 Å². The minimum atomic E-state index is -4.21. The van der Waals surface area contributed by atoms with Gasteiger partial charge in [-0.1, -0.05) is 83.9 Å². The van der Waals surface area contributed by atoms with Crippen LogP contribution in [0.5, 0.6) is 0 Å². The maximum Gasteiger partial charge on any atom is 0.264 e. The number of carbonyl (C=O) groups is 2. The maximum atomic E-state index is 14.6. The Hall–Kier alpha value is -3.85. The zero-order chi connectivity index (χ0) is 32.8. The minimum absolute atomic E-state index is 0.0211. The predicted molar refractivity (Wildman–Crippen MR) is 181 cm³/mol. The Morgan fingerprint density at radius 1 is 0.800 bits per heavy atom. The van der Waals surface area contributed by atoms with Gasteiger partial charge in [0.05, 0.1) is 10.6 Å². The summed E-state index contributed by atoms with van der Waals surface area (Å²) in [5.74, 6) is -0.921. The molecule has 0 spiro atoms. The number of nitrogens with zero attached hydrogens (tertiary/aromatic N) is 2. The fourth-order valence-electron chi connectivity index (χ4n) is 4.97. The topological polar surface area (TPSA) is 86.8 Å². The van der Waals surface area contributed by atoms with Crippen LogP contribution in [0.15, 0.2) is 108 Å². The van der Waals surface area contributed by atoms with Crippen molar-refractivity contribution in [2.45, 2.75) is 57.1 Å². The van der Waals surface area contributed by atoms with Crippen molar-refractivity contribution < 1.29 is 18.0 Å². The number of rotatable bonds is 11. The van der Waals surface area contributed by atoms with Crippen molar-refractivity contribution in [1.29, 1.82) is 0 Å². The van der Waals surface area contributed by atoms with Crippen molar-refractivity contribution in [3.63, 3.8) is 0 Å². The Balaban J connectivity index is 1.84. The second kappa shape index (κ2) is 14.5. The zero-order valence-corrected chi connectivity index (χ0v) is 28.0. The number of amides is 2. The number of nitrogens with one attached hydrogen (secondary N) is 1. The smallest absolute Gasteiger partial charge is 0.264 e. The van der Waals surface area contributed by atoms with Gasteiger partial charge in [0.15, 0.2) is 0 Å². The molecule has 0 aromatic heterocycles. The Kier molecular flexibility index (Phi) is 11.0. The second-order valence-electron chi connectivity index (χ2n) is 11.9. The van der Waals surface area contributed by atoms with E-state index in [0.29, 0.717) is 26.9 Å². The molecule has 0 saturated heterocycles. The molecule has 2 amide bonds. The van der Waals surface area contributed by atoms with E-state index in [1.165, 1.54) is 17.0 Å². The van der Waals surface area contributed by atoms with Crippen LogP contribution in [0.4, 0.5) is 5.69 Å². The molecule has 10 heteroatoms. The van der Waals surface area contributed by atoms with E-state index in [1.807, 2.05) is 57.2 Å². The number of hydrogen-bond acceptors (Lipinski definition) is 4. The van der Waals surface area contributed by atoms with Crippen molar-refractivity contribution in [2.24, 2.45) is 0 Å². The van der Waals surface area contributed by atoms with Gasteiger partial charge in [0, 0.05) is 28.5 Å². The van der Waals surface area contributed by atoms with E-state index in [-0.39, 0.29) is 23.8 Å². The van der Waals surface area contributed by atoms with Gasteiger partial charge in [0.1, 0.15) is 12.6 Å². The molecule has 7 nitrogen and oxygen atoms in total. The number of aryl methyl sites for hydroxylation is 1. The summed E-state index contributed by atoms with van der Waals surface area (Å²) in [6.07, 6.45) is 0.209. The first-order chi connectivity index (χ1) is 21.2. The Bertz CT molecular complexity index is 1740. The summed E-state index contributed by atoms with van der Waals surface area (Å²) in [7, 11) is -4.21. The molecule has 4 rings (SSSR count). The minimum Gasteiger partial charge on any atom is -0.350 e. The molecule has 0 aliphatic carbocycles. The highest BCUT2D eigenvalue weighted by atomic mass is 35.5. The summed E-state index contributed by atoms with van der Waals surface area (Å²) >= 11 is 12.5. The molecule has 1 atom stereocenters. The largest absolute Gasteiger partial charge is 0.350 e. The highest BCUT2D eigenvalue weighted by Gasteiger charge is 2.36. The van der Waals surface area contributed by atoms with Gasteiger partial charge in [-0.05, 0) is 86.8 Å². The van der Waals surface area contributed by atoms with E-state index in [9.17, 15) is 18.0 Å². The van der Waals surface area contributed by atoms with Gasteiger partial charge in [0.25, 0.3) is 10.0 Å². The predicted octanol–water partition coefficient (Wildman–Crippen LogP) is 7.05. The maximum absolute atomic E-state index is 14.6. The van der Waals surface area contributed by atoms with Crippen LogP contribution in [0.3, 0.4) is 0 Å².